The maximum atomic E-state index is 12.4. The standard InChI is InChI=1S/C17H17ClN2O4/c18-13-1-2-15(21)14(9-13)19-16(22)11-3-6-20(7-4-11)17(23)12-5-8-24-10-12/h1-2,5,8-11,21H,3-4,6-7H2,(H,19,22). The van der Waals surface area contributed by atoms with Gasteiger partial charge in [0.25, 0.3) is 5.91 Å². The minimum Gasteiger partial charge on any atom is -0.506 e. The van der Waals surface area contributed by atoms with Crippen LogP contribution in [0.2, 0.25) is 5.02 Å². The van der Waals surface area contributed by atoms with E-state index in [-0.39, 0.29) is 23.5 Å². The molecule has 2 amide bonds. The van der Waals surface area contributed by atoms with E-state index in [0.29, 0.717) is 42.2 Å². The van der Waals surface area contributed by atoms with Crippen molar-refractivity contribution < 1.29 is 19.1 Å². The normalized spacial score (nSPS) is 15.3. The zero-order valence-corrected chi connectivity index (χ0v) is 13.6. The predicted octanol–water partition coefficient (Wildman–Crippen LogP) is 3.13. The molecule has 0 bridgehead atoms. The smallest absolute Gasteiger partial charge is 0.257 e. The van der Waals surface area contributed by atoms with Crippen molar-refractivity contribution in [3.8, 4) is 5.75 Å². The molecule has 6 nitrogen and oxygen atoms in total. The number of nitrogens with one attached hydrogen (secondary N) is 1. The first-order valence-corrected chi connectivity index (χ1v) is 8.03. The molecule has 2 aromatic rings. The zero-order chi connectivity index (χ0) is 17.1. The summed E-state index contributed by atoms with van der Waals surface area (Å²) in [6, 6.07) is 6.12. The van der Waals surface area contributed by atoms with Gasteiger partial charge >= 0.3 is 0 Å². The molecule has 0 unspecified atom stereocenters. The number of halogens is 1. The molecule has 0 radical (unpaired) electrons. The van der Waals surface area contributed by atoms with E-state index in [2.05, 4.69) is 5.32 Å². The molecule has 3 rings (SSSR count). The second-order valence-electron chi connectivity index (χ2n) is 5.73. The molecule has 0 atom stereocenters. The van der Waals surface area contributed by atoms with E-state index >= 15 is 0 Å². The fraction of sp³-hybridized carbons (Fsp3) is 0.294. The lowest BCUT2D eigenvalue weighted by atomic mass is 9.95. The summed E-state index contributed by atoms with van der Waals surface area (Å²) in [5, 5.41) is 12.9. The first-order valence-electron chi connectivity index (χ1n) is 7.65. The maximum absolute atomic E-state index is 12.4. The van der Waals surface area contributed by atoms with Crippen LogP contribution in [0.4, 0.5) is 5.69 Å². The van der Waals surface area contributed by atoms with Gasteiger partial charge in [0.15, 0.2) is 0 Å². The van der Waals surface area contributed by atoms with Gasteiger partial charge in [0, 0.05) is 24.0 Å². The van der Waals surface area contributed by atoms with Crippen LogP contribution in [-0.4, -0.2) is 34.9 Å². The monoisotopic (exact) mass is 348 g/mol. The lowest BCUT2D eigenvalue weighted by Gasteiger charge is -2.31. The lowest BCUT2D eigenvalue weighted by Crippen LogP contribution is -2.41. The topological polar surface area (TPSA) is 82.8 Å². The van der Waals surface area contributed by atoms with Crippen LogP contribution >= 0.6 is 11.6 Å². The number of piperidine rings is 1. The summed E-state index contributed by atoms with van der Waals surface area (Å²) in [4.78, 5) is 26.3. The van der Waals surface area contributed by atoms with E-state index in [1.807, 2.05) is 0 Å². The number of benzene rings is 1. The van der Waals surface area contributed by atoms with Crippen molar-refractivity contribution >= 4 is 29.1 Å². The van der Waals surface area contributed by atoms with Crippen LogP contribution in [0.15, 0.2) is 41.2 Å². The molecule has 2 N–H and O–H groups in total. The Labute approximate surface area is 144 Å². The Morgan fingerprint density at radius 2 is 2.00 bits per heavy atom. The van der Waals surface area contributed by atoms with Gasteiger partial charge in [0.1, 0.15) is 12.0 Å². The average molecular weight is 349 g/mol. The Bertz CT molecular complexity index is 737. The third kappa shape index (κ3) is 3.54. The Hall–Kier alpha value is -2.47. The number of anilines is 1. The number of hydrogen-bond acceptors (Lipinski definition) is 4. The molecule has 1 aromatic carbocycles. The number of likely N-dealkylation sites (tertiary alicyclic amines) is 1. The van der Waals surface area contributed by atoms with Gasteiger partial charge in [-0.15, -0.1) is 0 Å². The van der Waals surface area contributed by atoms with Crippen molar-refractivity contribution in [2.24, 2.45) is 5.92 Å². The van der Waals surface area contributed by atoms with Crippen LogP contribution in [0.3, 0.4) is 0 Å². The van der Waals surface area contributed by atoms with Gasteiger partial charge in [-0.2, -0.15) is 0 Å². The van der Waals surface area contributed by atoms with E-state index in [1.54, 1.807) is 17.0 Å². The Morgan fingerprint density at radius 3 is 2.67 bits per heavy atom. The molecule has 24 heavy (non-hydrogen) atoms. The van der Waals surface area contributed by atoms with Crippen molar-refractivity contribution in [1.29, 1.82) is 0 Å². The van der Waals surface area contributed by atoms with Crippen molar-refractivity contribution in [3.63, 3.8) is 0 Å². The highest BCUT2D eigenvalue weighted by Crippen LogP contribution is 2.28. The minimum atomic E-state index is -0.211. The number of furan rings is 1. The third-order valence-electron chi connectivity index (χ3n) is 4.14. The maximum Gasteiger partial charge on any atom is 0.257 e. The average Bonchev–Trinajstić information content (AvgIpc) is 3.12. The molecule has 7 heteroatoms. The number of amides is 2. The molecule has 0 aliphatic carbocycles. The second kappa shape index (κ2) is 6.97. The minimum absolute atomic E-state index is 0.0275. The van der Waals surface area contributed by atoms with Gasteiger partial charge in [-0.05, 0) is 37.1 Å². The van der Waals surface area contributed by atoms with E-state index in [1.165, 1.54) is 24.7 Å². The summed E-state index contributed by atoms with van der Waals surface area (Å²) in [7, 11) is 0. The van der Waals surface area contributed by atoms with Crippen LogP contribution in [0.1, 0.15) is 23.2 Å². The summed E-state index contributed by atoms with van der Waals surface area (Å²) >= 11 is 5.87. The fourth-order valence-corrected chi connectivity index (χ4v) is 2.93. The number of carbonyl (C=O) groups is 2. The van der Waals surface area contributed by atoms with E-state index in [4.69, 9.17) is 16.0 Å². The number of phenolic OH excluding ortho intramolecular Hbond substituents is 1. The summed E-state index contributed by atoms with van der Waals surface area (Å²) < 4.78 is 4.93. The van der Waals surface area contributed by atoms with Crippen LogP contribution in [0.5, 0.6) is 5.75 Å². The van der Waals surface area contributed by atoms with Crippen molar-refractivity contribution in [2.75, 3.05) is 18.4 Å². The molecule has 1 saturated heterocycles. The summed E-state index contributed by atoms with van der Waals surface area (Å²) in [5.74, 6) is -0.504. The fourth-order valence-electron chi connectivity index (χ4n) is 2.76. The van der Waals surface area contributed by atoms with Crippen LogP contribution < -0.4 is 5.32 Å². The van der Waals surface area contributed by atoms with Crippen LogP contribution in [0, 0.1) is 5.92 Å². The van der Waals surface area contributed by atoms with Gasteiger partial charge in [0.2, 0.25) is 5.91 Å². The summed E-state index contributed by atoms with van der Waals surface area (Å²) in [6.45, 7) is 1.01. The van der Waals surface area contributed by atoms with E-state index in [0.717, 1.165) is 0 Å². The summed E-state index contributed by atoms with van der Waals surface area (Å²) in [6.07, 6.45) is 4.02. The van der Waals surface area contributed by atoms with Crippen molar-refractivity contribution in [3.05, 3.63) is 47.4 Å². The molecule has 126 valence electrons. The summed E-state index contributed by atoms with van der Waals surface area (Å²) in [5.41, 5.74) is 0.811. The van der Waals surface area contributed by atoms with E-state index < -0.39 is 0 Å². The molecular formula is C17H17ClN2O4. The third-order valence-corrected chi connectivity index (χ3v) is 4.37. The molecule has 1 aromatic heterocycles. The van der Waals surface area contributed by atoms with E-state index in [9.17, 15) is 14.7 Å². The highest BCUT2D eigenvalue weighted by molar-refractivity contribution is 6.31. The Morgan fingerprint density at radius 1 is 1.25 bits per heavy atom. The molecule has 1 aliphatic heterocycles. The Kier molecular flexibility index (Phi) is 4.76. The molecule has 1 aliphatic rings. The van der Waals surface area contributed by atoms with Gasteiger partial charge < -0.3 is 19.7 Å². The van der Waals surface area contributed by atoms with Gasteiger partial charge in [0.05, 0.1) is 17.5 Å². The number of rotatable bonds is 3. The second-order valence-corrected chi connectivity index (χ2v) is 6.17. The molecular weight excluding hydrogens is 332 g/mol. The number of carbonyl (C=O) groups excluding carboxylic acids is 2. The van der Waals surface area contributed by atoms with Crippen LogP contribution in [0.25, 0.3) is 0 Å². The number of nitrogens with zero attached hydrogens (tertiary/aromatic N) is 1. The molecule has 0 saturated carbocycles. The van der Waals surface area contributed by atoms with Crippen molar-refractivity contribution in [2.45, 2.75) is 12.8 Å². The molecule has 1 fully saturated rings. The van der Waals surface area contributed by atoms with Crippen molar-refractivity contribution in [1.82, 2.24) is 4.90 Å². The largest absolute Gasteiger partial charge is 0.506 e. The predicted molar refractivity (Wildman–Crippen MR) is 89.1 cm³/mol. The first kappa shape index (κ1) is 16.4. The van der Waals surface area contributed by atoms with Gasteiger partial charge in [-0.3, -0.25) is 9.59 Å². The lowest BCUT2D eigenvalue weighted by molar-refractivity contribution is -0.121. The number of phenols is 1. The number of hydrogen-bond donors (Lipinski definition) is 2. The SMILES string of the molecule is O=C(Nc1cc(Cl)ccc1O)C1CCN(C(=O)c2ccoc2)CC1. The van der Waals surface area contributed by atoms with Gasteiger partial charge in [-0.25, -0.2) is 0 Å². The molecule has 0 spiro atoms. The number of aromatic hydroxyl groups is 1. The first-order chi connectivity index (χ1) is 11.5. The quantitative estimate of drug-likeness (QED) is 0.835. The highest BCUT2D eigenvalue weighted by atomic mass is 35.5. The Balaban J connectivity index is 1.57. The van der Waals surface area contributed by atoms with Gasteiger partial charge in [-0.1, -0.05) is 11.6 Å². The molecule has 2 heterocycles. The zero-order valence-electron chi connectivity index (χ0n) is 12.9. The van der Waals surface area contributed by atoms with Crippen LogP contribution in [-0.2, 0) is 4.79 Å². The highest BCUT2D eigenvalue weighted by Gasteiger charge is 2.28.